The van der Waals surface area contributed by atoms with E-state index >= 15 is 0 Å². The fraction of sp³-hybridized carbons (Fsp3) is 0.0769. The first-order valence-electron chi connectivity index (χ1n) is 5.68. The summed E-state index contributed by atoms with van der Waals surface area (Å²) < 4.78 is 0. The number of nitrogens with one attached hydrogen (secondary N) is 2. The molecule has 4 N–H and O–H groups in total. The molecule has 2 aromatic rings. The van der Waals surface area contributed by atoms with Crippen molar-refractivity contribution < 1.29 is 9.59 Å². The van der Waals surface area contributed by atoms with Crippen LogP contribution in [0, 0.1) is 6.42 Å². The normalized spacial score (nSPS) is 10.1. The Morgan fingerprint density at radius 3 is 2.74 bits per heavy atom. The third kappa shape index (κ3) is 3.67. The topological polar surface area (TPSA) is 101 Å². The summed E-state index contributed by atoms with van der Waals surface area (Å²) in [6.45, 7) is 0. The summed E-state index contributed by atoms with van der Waals surface area (Å²) >= 11 is 0. The molecule has 0 saturated carbocycles. The first kappa shape index (κ1) is 12.8. The summed E-state index contributed by atoms with van der Waals surface area (Å²) in [5.41, 5.74) is 6.62. The van der Waals surface area contributed by atoms with Crippen LogP contribution in [-0.2, 0) is 9.59 Å². The van der Waals surface area contributed by atoms with E-state index in [2.05, 4.69) is 15.5 Å². The zero-order chi connectivity index (χ0) is 13.7. The first-order chi connectivity index (χ1) is 9.15. The van der Waals surface area contributed by atoms with Crippen LogP contribution in [0.5, 0.6) is 0 Å². The van der Waals surface area contributed by atoms with Crippen LogP contribution in [0.2, 0.25) is 0 Å². The Morgan fingerprint density at radius 1 is 1.32 bits per heavy atom. The van der Waals surface area contributed by atoms with Gasteiger partial charge < -0.3 is 11.1 Å². The molecular formula is C13H13N4O2. The van der Waals surface area contributed by atoms with Gasteiger partial charge in [0.2, 0.25) is 11.8 Å². The van der Waals surface area contributed by atoms with Crippen molar-refractivity contribution >= 4 is 17.6 Å². The number of hydrogen-bond donors (Lipinski definition) is 3. The Bertz CT molecular complexity index is 577. The summed E-state index contributed by atoms with van der Waals surface area (Å²) in [5.74, 6) is -0.489. The van der Waals surface area contributed by atoms with Crippen molar-refractivity contribution in [3.05, 3.63) is 42.8 Å². The lowest BCUT2D eigenvalue weighted by molar-refractivity contribution is -0.119. The first-order valence-corrected chi connectivity index (χ1v) is 5.68. The summed E-state index contributed by atoms with van der Waals surface area (Å²) in [4.78, 5) is 22.0. The fourth-order valence-corrected chi connectivity index (χ4v) is 1.52. The number of primary amides is 1. The Labute approximate surface area is 110 Å². The lowest BCUT2D eigenvalue weighted by atomic mass is 10.1. The number of hydrogen-bond acceptors (Lipinski definition) is 3. The molecule has 0 aliphatic heterocycles. The van der Waals surface area contributed by atoms with Gasteiger partial charge in [-0.25, -0.2) is 0 Å². The SMILES string of the molecule is NC(=O)C[CH]C(=O)Nc1cc(-c2ccccc2)n[nH]1. The van der Waals surface area contributed by atoms with Gasteiger partial charge in [0.1, 0.15) is 5.82 Å². The van der Waals surface area contributed by atoms with Crippen LogP contribution in [0.3, 0.4) is 0 Å². The molecule has 6 nitrogen and oxygen atoms in total. The Morgan fingerprint density at radius 2 is 2.05 bits per heavy atom. The summed E-state index contributed by atoms with van der Waals surface area (Å²) in [6, 6.07) is 11.3. The predicted molar refractivity (Wildman–Crippen MR) is 70.8 cm³/mol. The van der Waals surface area contributed by atoms with Gasteiger partial charge in [0, 0.05) is 18.1 Å². The average molecular weight is 257 g/mol. The number of rotatable bonds is 5. The van der Waals surface area contributed by atoms with E-state index in [0.717, 1.165) is 11.3 Å². The summed E-state index contributed by atoms with van der Waals surface area (Å²) in [5, 5.41) is 9.36. The van der Waals surface area contributed by atoms with Gasteiger partial charge in [-0.1, -0.05) is 30.3 Å². The quantitative estimate of drug-likeness (QED) is 0.747. The van der Waals surface area contributed by atoms with Gasteiger partial charge in [-0.15, -0.1) is 0 Å². The van der Waals surface area contributed by atoms with Crippen LogP contribution in [0.4, 0.5) is 5.82 Å². The highest BCUT2D eigenvalue weighted by Crippen LogP contribution is 2.18. The van der Waals surface area contributed by atoms with E-state index in [0.29, 0.717) is 5.82 Å². The molecule has 1 heterocycles. The van der Waals surface area contributed by atoms with Crippen molar-refractivity contribution in [3.8, 4) is 11.3 Å². The van der Waals surface area contributed by atoms with E-state index in [9.17, 15) is 9.59 Å². The third-order valence-electron chi connectivity index (χ3n) is 2.39. The summed E-state index contributed by atoms with van der Waals surface area (Å²) in [6.07, 6.45) is 1.09. The van der Waals surface area contributed by atoms with E-state index in [1.54, 1.807) is 6.07 Å². The van der Waals surface area contributed by atoms with Crippen molar-refractivity contribution in [3.63, 3.8) is 0 Å². The van der Waals surface area contributed by atoms with Gasteiger partial charge >= 0.3 is 0 Å². The molecule has 97 valence electrons. The molecule has 1 aromatic heterocycles. The van der Waals surface area contributed by atoms with E-state index in [-0.39, 0.29) is 6.42 Å². The number of aromatic nitrogens is 2. The Hall–Kier alpha value is -2.63. The van der Waals surface area contributed by atoms with Crippen LogP contribution >= 0.6 is 0 Å². The molecule has 0 unspecified atom stereocenters. The molecule has 1 radical (unpaired) electrons. The number of carbonyl (C=O) groups excluding carboxylic acids is 2. The van der Waals surface area contributed by atoms with E-state index in [4.69, 9.17) is 5.73 Å². The highest BCUT2D eigenvalue weighted by Gasteiger charge is 2.08. The smallest absolute Gasteiger partial charge is 0.229 e. The second kappa shape index (κ2) is 5.81. The molecular weight excluding hydrogens is 244 g/mol. The van der Waals surface area contributed by atoms with Crippen molar-refractivity contribution in [2.75, 3.05) is 5.32 Å². The third-order valence-corrected chi connectivity index (χ3v) is 2.39. The number of aromatic amines is 1. The van der Waals surface area contributed by atoms with E-state index in [1.807, 2.05) is 30.3 Å². The van der Waals surface area contributed by atoms with Crippen molar-refractivity contribution in [1.29, 1.82) is 0 Å². The van der Waals surface area contributed by atoms with Crippen LogP contribution in [0.15, 0.2) is 36.4 Å². The van der Waals surface area contributed by atoms with Crippen molar-refractivity contribution in [1.82, 2.24) is 10.2 Å². The molecule has 0 spiro atoms. The number of nitrogens with zero attached hydrogens (tertiary/aromatic N) is 1. The predicted octanol–water partition coefficient (Wildman–Crippen LogP) is 1.09. The molecule has 2 rings (SSSR count). The number of anilines is 1. The van der Waals surface area contributed by atoms with Gasteiger partial charge in [0.25, 0.3) is 0 Å². The van der Waals surface area contributed by atoms with E-state index in [1.165, 1.54) is 6.42 Å². The molecule has 6 heteroatoms. The minimum atomic E-state index is -0.551. The fourth-order valence-electron chi connectivity index (χ4n) is 1.52. The standard InChI is InChI=1S/C13H13N4O2/c14-11(18)6-7-13(19)15-12-8-10(16-17-12)9-4-2-1-3-5-9/h1-5,7-8H,6H2,(H2,14,18)(H2,15,16,17,19). The van der Waals surface area contributed by atoms with Crippen LogP contribution in [-0.4, -0.2) is 22.0 Å². The zero-order valence-electron chi connectivity index (χ0n) is 10.1. The van der Waals surface area contributed by atoms with Gasteiger partial charge in [0.15, 0.2) is 0 Å². The Kier molecular flexibility index (Phi) is 3.92. The van der Waals surface area contributed by atoms with Gasteiger partial charge in [0.05, 0.1) is 12.1 Å². The van der Waals surface area contributed by atoms with Crippen LogP contribution in [0.25, 0.3) is 11.3 Å². The van der Waals surface area contributed by atoms with Crippen molar-refractivity contribution in [2.24, 2.45) is 5.73 Å². The maximum absolute atomic E-state index is 11.4. The highest BCUT2D eigenvalue weighted by molar-refractivity contribution is 5.99. The molecule has 0 atom stereocenters. The van der Waals surface area contributed by atoms with Crippen molar-refractivity contribution in [2.45, 2.75) is 6.42 Å². The van der Waals surface area contributed by atoms with Gasteiger partial charge in [-0.05, 0) is 0 Å². The number of benzene rings is 1. The number of amides is 2. The van der Waals surface area contributed by atoms with Crippen LogP contribution < -0.4 is 11.1 Å². The zero-order valence-corrected chi connectivity index (χ0v) is 10.1. The monoisotopic (exact) mass is 257 g/mol. The number of nitrogens with two attached hydrogens (primary N) is 1. The molecule has 2 amide bonds. The highest BCUT2D eigenvalue weighted by atomic mass is 16.2. The molecule has 0 aliphatic rings. The molecule has 1 aromatic carbocycles. The molecule has 0 saturated heterocycles. The molecule has 0 aliphatic carbocycles. The van der Waals surface area contributed by atoms with E-state index < -0.39 is 11.8 Å². The maximum atomic E-state index is 11.4. The molecule has 0 bridgehead atoms. The van der Waals surface area contributed by atoms with Crippen LogP contribution in [0.1, 0.15) is 6.42 Å². The second-order valence-electron chi connectivity index (χ2n) is 3.90. The number of H-pyrrole nitrogens is 1. The second-order valence-corrected chi connectivity index (χ2v) is 3.90. The van der Waals surface area contributed by atoms with Gasteiger partial charge in [-0.3, -0.25) is 14.7 Å². The molecule has 0 fully saturated rings. The van der Waals surface area contributed by atoms with Gasteiger partial charge in [-0.2, -0.15) is 5.10 Å². The number of carbonyl (C=O) groups is 2. The maximum Gasteiger partial charge on any atom is 0.229 e. The lowest BCUT2D eigenvalue weighted by Crippen LogP contribution is -2.18. The summed E-state index contributed by atoms with van der Waals surface area (Å²) in [7, 11) is 0. The minimum absolute atomic E-state index is 0.0918. The average Bonchev–Trinajstić information content (AvgIpc) is 2.86. The Balaban J connectivity index is 1.98. The largest absolute Gasteiger partial charge is 0.370 e. The minimum Gasteiger partial charge on any atom is -0.370 e. The molecule has 19 heavy (non-hydrogen) atoms. The lowest BCUT2D eigenvalue weighted by Gasteiger charge is -1.99.